The van der Waals surface area contributed by atoms with Gasteiger partial charge in [-0.3, -0.25) is 4.90 Å². The highest BCUT2D eigenvalue weighted by molar-refractivity contribution is 5.17. The second-order valence-corrected chi connectivity index (χ2v) is 6.49. The largest absolute Gasteiger partial charge is 0.382 e. The van der Waals surface area contributed by atoms with Crippen LogP contribution in [-0.4, -0.2) is 37.4 Å². The number of ether oxygens (including phenoxy) is 2. The average molecular weight is 325 g/mol. The van der Waals surface area contributed by atoms with Crippen molar-refractivity contribution in [1.82, 2.24) is 4.90 Å². The fraction of sp³-hybridized carbons (Fsp3) is 0.429. The third kappa shape index (κ3) is 4.91. The summed E-state index contributed by atoms with van der Waals surface area (Å²) in [6.07, 6.45) is 2.62. The molecule has 0 atom stereocenters. The van der Waals surface area contributed by atoms with Crippen LogP contribution in [-0.2, 0) is 22.6 Å². The van der Waals surface area contributed by atoms with Gasteiger partial charge in [0.05, 0.1) is 19.3 Å². The first-order chi connectivity index (χ1) is 11.8. The first-order valence-corrected chi connectivity index (χ1v) is 8.77. The molecule has 0 spiro atoms. The number of rotatable bonds is 9. The molecule has 24 heavy (non-hydrogen) atoms. The van der Waals surface area contributed by atoms with Gasteiger partial charge in [-0.25, -0.2) is 0 Å². The number of hydrogen-bond acceptors (Lipinski definition) is 3. The minimum atomic E-state index is 0.388. The Hall–Kier alpha value is -1.68. The third-order valence-electron chi connectivity index (χ3n) is 4.68. The van der Waals surface area contributed by atoms with E-state index in [1.54, 1.807) is 7.11 Å². The smallest absolute Gasteiger partial charge is 0.0704 e. The van der Waals surface area contributed by atoms with E-state index in [0.717, 1.165) is 25.9 Å². The lowest BCUT2D eigenvalue weighted by atomic mass is 9.87. The molecule has 2 aromatic rings. The van der Waals surface area contributed by atoms with Gasteiger partial charge in [0.1, 0.15) is 0 Å². The first kappa shape index (κ1) is 17.2. The summed E-state index contributed by atoms with van der Waals surface area (Å²) in [5.41, 5.74) is 2.74. The summed E-state index contributed by atoms with van der Waals surface area (Å²) in [6, 6.07) is 22.1. The van der Waals surface area contributed by atoms with Gasteiger partial charge in [0, 0.05) is 26.2 Å². The molecule has 0 aliphatic heterocycles. The Labute approximate surface area is 145 Å². The number of benzene rings is 2. The monoisotopic (exact) mass is 325 g/mol. The summed E-state index contributed by atoms with van der Waals surface area (Å²) in [6.45, 7) is 3.36. The van der Waals surface area contributed by atoms with E-state index in [2.05, 4.69) is 65.6 Å². The molecular weight excluding hydrogens is 298 g/mol. The van der Waals surface area contributed by atoms with Crippen LogP contribution < -0.4 is 0 Å². The maximum atomic E-state index is 5.85. The van der Waals surface area contributed by atoms with Crippen molar-refractivity contribution in [2.45, 2.75) is 38.1 Å². The molecule has 0 amide bonds. The van der Waals surface area contributed by atoms with Crippen LogP contribution in [0.1, 0.15) is 24.0 Å². The summed E-state index contributed by atoms with van der Waals surface area (Å²) in [4.78, 5) is 2.58. The number of methoxy groups -OCH3 is 1. The summed E-state index contributed by atoms with van der Waals surface area (Å²) in [7, 11) is 1.72. The van der Waals surface area contributed by atoms with Gasteiger partial charge in [0.2, 0.25) is 0 Å². The third-order valence-corrected chi connectivity index (χ3v) is 4.68. The fourth-order valence-electron chi connectivity index (χ4n) is 3.22. The van der Waals surface area contributed by atoms with Crippen LogP contribution in [0.4, 0.5) is 0 Å². The van der Waals surface area contributed by atoms with E-state index in [1.165, 1.54) is 11.1 Å². The molecule has 0 saturated heterocycles. The van der Waals surface area contributed by atoms with E-state index in [4.69, 9.17) is 9.47 Å². The molecule has 0 heterocycles. The minimum Gasteiger partial charge on any atom is -0.382 e. The maximum absolute atomic E-state index is 5.85. The lowest BCUT2D eigenvalue weighted by Crippen LogP contribution is -2.47. The molecule has 1 fully saturated rings. The Bertz CT molecular complexity index is 540. The van der Waals surface area contributed by atoms with Gasteiger partial charge < -0.3 is 9.47 Å². The number of hydrogen-bond donors (Lipinski definition) is 0. The van der Waals surface area contributed by atoms with Crippen molar-refractivity contribution in [2.24, 2.45) is 0 Å². The fourth-order valence-corrected chi connectivity index (χ4v) is 3.22. The molecule has 0 unspecified atom stereocenters. The van der Waals surface area contributed by atoms with E-state index < -0.39 is 0 Å². The lowest BCUT2D eigenvalue weighted by molar-refractivity contribution is -0.0673. The van der Waals surface area contributed by atoms with Gasteiger partial charge in [-0.2, -0.15) is 0 Å². The van der Waals surface area contributed by atoms with Crippen molar-refractivity contribution < 1.29 is 9.47 Å². The Morgan fingerprint density at radius 2 is 1.38 bits per heavy atom. The van der Waals surface area contributed by atoms with Gasteiger partial charge in [0.15, 0.2) is 0 Å². The molecule has 0 bridgehead atoms. The Kier molecular flexibility index (Phi) is 6.41. The van der Waals surface area contributed by atoms with Gasteiger partial charge in [0.25, 0.3) is 0 Å². The van der Waals surface area contributed by atoms with Crippen molar-refractivity contribution in [3.63, 3.8) is 0 Å². The highest BCUT2D eigenvalue weighted by Crippen LogP contribution is 2.30. The SMILES string of the molecule is COCCO[C@H]1C[C@@H](N(Cc2ccccc2)Cc2ccccc2)C1. The minimum absolute atomic E-state index is 0.388. The quantitative estimate of drug-likeness (QED) is 0.653. The second-order valence-electron chi connectivity index (χ2n) is 6.49. The summed E-state index contributed by atoms with van der Waals surface area (Å²) < 4.78 is 10.9. The molecule has 3 rings (SSSR count). The zero-order chi connectivity index (χ0) is 16.6. The van der Waals surface area contributed by atoms with E-state index >= 15 is 0 Å². The topological polar surface area (TPSA) is 21.7 Å². The highest BCUT2D eigenvalue weighted by atomic mass is 16.5. The van der Waals surface area contributed by atoms with Gasteiger partial charge in [-0.15, -0.1) is 0 Å². The van der Waals surface area contributed by atoms with Crippen LogP contribution in [0.3, 0.4) is 0 Å². The molecule has 0 aromatic heterocycles. The van der Waals surface area contributed by atoms with Crippen LogP contribution in [0.5, 0.6) is 0 Å². The number of nitrogens with zero attached hydrogens (tertiary/aromatic N) is 1. The summed E-state index contributed by atoms with van der Waals surface area (Å²) in [5, 5.41) is 0. The Balaban J connectivity index is 1.58. The van der Waals surface area contributed by atoms with Crippen LogP contribution in [0.25, 0.3) is 0 Å². The highest BCUT2D eigenvalue weighted by Gasteiger charge is 2.34. The predicted octanol–water partition coefficient (Wildman–Crippen LogP) is 3.88. The molecule has 1 aliphatic carbocycles. The summed E-state index contributed by atoms with van der Waals surface area (Å²) >= 11 is 0. The Morgan fingerprint density at radius 3 is 1.88 bits per heavy atom. The van der Waals surface area contributed by atoms with Crippen LogP contribution in [0.2, 0.25) is 0 Å². The molecule has 0 radical (unpaired) electrons. The van der Waals surface area contributed by atoms with Crippen molar-refractivity contribution in [3.8, 4) is 0 Å². The molecule has 0 N–H and O–H groups in total. The zero-order valence-corrected chi connectivity index (χ0v) is 14.4. The van der Waals surface area contributed by atoms with E-state index in [0.29, 0.717) is 25.4 Å². The van der Waals surface area contributed by atoms with Crippen LogP contribution >= 0.6 is 0 Å². The van der Waals surface area contributed by atoms with Crippen LogP contribution in [0, 0.1) is 0 Å². The molecule has 3 heteroatoms. The Morgan fingerprint density at radius 1 is 0.833 bits per heavy atom. The van der Waals surface area contributed by atoms with Crippen LogP contribution in [0.15, 0.2) is 60.7 Å². The van der Waals surface area contributed by atoms with Gasteiger partial charge >= 0.3 is 0 Å². The maximum Gasteiger partial charge on any atom is 0.0704 e. The van der Waals surface area contributed by atoms with Crippen molar-refractivity contribution in [2.75, 3.05) is 20.3 Å². The van der Waals surface area contributed by atoms with Crippen molar-refractivity contribution in [1.29, 1.82) is 0 Å². The molecule has 3 nitrogen and oxygen atoms in total. The predicted molar refractivity (Wildman–Crippen MR) is 96.8 cm³/mol. The zero-order valence-electron chi connectivity index (χ0n) is 14.4. The average Bonchev–Trinajstić information content (AvgIpc) is 2.58. The standard InChI is InChI=1S/C21H27NO2/c1-23-12-13-24-21-14-20(15-21)22(16-18-8-4-2-5-9-18)17-19-10-6-3-7-11-19/h2-11,20-21H,12-17H2,1H3/t20-,21+. The van der Waals surface area contributed by atoms with E-state index in [9.17, 15) is 0 Å². The second kappa shape index (κ2) is 8.97. The molecule has 1 saturated carbocycles. The first-order valence-electron chi connectivity index (χ1n) is 8.77. The molecular formula is C21H27NO2. The van der Waals surface area contributed by atoms with E-state index in [1.807, 2.05) is 0 Å². The van der Waals surface area contributed by atoms with E-state index in [-0.39, 0.29) is 0 Å². The van der Waals surface area contributed by atoms with Crippen molar-refractivity contribution in [3.05, 3.63) is 71.8 Å². The lowest BCUT2D eigenvalue weighted by Gasteiger charge is -2.43. The van der Waals surface area contributed by atoms with Gasteiger partial charge in [-0.05, 0) is 24.0 Å². The molecule has 2 aromatic carbocycles. The molecule has 1 aliphatic rings. The van der Waals surface area contributed by atoms with Crippen molar-refractivity contribution >= 4 is 0 Å². The molecule has 128 valence electrons. The van der Waals surface area contributed by atoms with Gasteiger partial charge in [-0.1, -0.05) is 60.7 Å². The normalized spacial score (nSPS) is 20.1. The summed E-state index contributed by atoms with van der Waals surface area (Å²) in [5.74, 6) is 0.